The van der Waals surface area contributed by atoms with E-state index in [0.29, 0.717) is 0 Å². The summed E-state index contributed by atoms with van der Waals surface area (Å²) in [4.78, 5) is 2.23. The number of hydrogen-bond donors (Lipinski definition) is 0. The predicted molar refractivity (Wildman–Crippen MR) is 248 cm³/mol. The molecule has 276 valence electrons. The van der Waals surface area contributed by atoms with Gasteiger partial charge in [-0.3, -0.25) is 0 Å². The number of para-hydroxylation sites is 3. The van der Waals surface area contributed by atoms with E-state index in [1.54, 1.807) is 0 Å². The fourth-order valence-corrected chi connectivity index (χ4v) is 9.63. The first kappa shape index (κ1) is 27.0. The lowest BCUT2D eigenvalue weighted by molar-refractivity contribution is 0.778. The molecule has 0 bridgehead atoms. The zero-order valence-corrected chi connectivity index (χ0v) is 31.8. The van der Waals surface area contributed by atoms with E-state index in [1.165, 1.54) is 0 Å². The second kappa shape index (κ2) is 13.2. The maximum absolute atomic E-state index is 9.97. The van der Waals surface area contributed by atoms with Gasteiger partial charge in [0.1, 0.15) is 0 Å². The van der Waals surface area contributed by atoms with Gasteiger partial charge in [0.25, 0.3) is 0 Å². The Morgan fingerprint density at radius 2 is 1.07 bits per heavy atom. The predicted octanol–water partition coefficient (Wildman–Crippen LogP) is 14.9. The summed E-state index contributed by atoms with van der Waals surface area (Å²) in [6.45, 7) is 0. The molecule has 0 amide bonds. The van der Waals surface area contributed by atoms with E-state index in [0.717, 1.165) is 83.1 Å². The van der Waals surface area contributed by atoms with Gasteiger partial charge in [-0.2, -0.15) is 0 Å². The van der Waals surface area contributed by atoms with E-state index >= 15 is 0 Å². The molecule has 2 heteroatoms. The Morgan fingerprint density at radius 1 is 0.390 bits per heavy atom. The van der Waals surface area contributed by atoms with E-state index in [-0.39, 0.29) is 28.4 Å². The topological polar surface area (TPSA) is 8.17 Å². The van der Waals surface area contributed by atoms with E-state index in [9.17, 15) is 4.11 Å². The van der Waals surface area contributed by atoms with Crippen LogP contribution in [0.5, 0.6) is 0 Å². The summed E-state index contributed by atoms with van der Waals surface area (Å²) >= 11 is 0. The molecule has 10 aromatic carbocycles. The van der Waals surface area contributed by atoms with Gasteiger partial charge in [0.2, 0.25) is 0 Å². The summed E-state index contributed by atoms with van der Waals surface area (Å²) in [5.41, 5.74) is 8.80. The molecule has 1 unspecified atom stereocenters. The summed E-state index contributed by atoms with van der Waals surface area (Å²) in [6.07, 6.45) is 0. The largest absolute Gasteiger partial charge is 0.310 e. The highest BCUT2D eigenvalue weighted by Crippen LogP contribution is 2.58. The molecule has 1 aromatic heterocycles. The van der Waals surface area contributed by atoms with Crippen LogP contribution in [0.4, 0.5) is 17.1 Å². The molecule has 12 rings (SSSR count). The lowest BCUT2D eigenvalue weighted by atomic mass is 9.66. The molecule has 0 spiro atoms. The van der Waals surface area contributed by atoms with E-state index in [2.05, 4.69) is 119 Å². The van der Waals surface area contributed by atoms with Gasteiger partial charge in [-0.25, -0.2) is 0 Å². The standard InChI is InChI=1S/C57H38N2/c1-3-20-43(21-4-1)58(45-32-30-39-16-7-8-18-41(39)36-45)46-33-34-54-50(38-46)48-25-11-13-27-53(48)57(54,52-28-15-19-40-17-9-10-24-47(40)52)42-31-35-56-51(37-42)49-26-12-14-29-55(49)59(56)44-22-5-2-6-23-44/h1-38H/i9D,10D,15D,17D,19D,24D,28D. The van der Waals surface area contributed by atoms with Crippen molar-refractivity contribution in [3.8, 4) is 16.8 Å². The van der Waals surface area contributed by atoms with Crippen molar-refractivity contribution in [2.24, 2.45) is 0 Å². The highest BCUT2D eigenvalue weighted by Gasteiger charge is 2.47. The quantitative estimate of drug-likeness (QED) is 0.164. The molecule has 0 radical (unpaired) electrons. The number of rotatable bonds is 6. The van der Waals surface area contributed by atoms with Crippen molar-refractivity contribution < 1.29 is 9.60 Å². The molecule has 1 atom stereocenters. The fraction of sp³-hybridized carbons (Fsp3) is 0.0175. The molecule has 0 saturated heterocycles. The molecule has 0 fully saturated rings. The first-order valence-corrected chi connectivity index (χ1v) is 19.9. The van der Waals surface area contributed by atoms with Crippen molar-refractivity contribution in [2.75, 3.05) is 4.90 Å². The van der Waals surface area contributed by atoms with Crippen molar-refractivity contribution >= 4 is 60.4 Å². The second-order valence-electron chi connectivity index (χ2n) is 15.1. The normalized spacial score (nSPS) is 16.2. The SMILES string of the molecule is [2H]c1c([2H])c([2H])c2c(C3(c4ccc5c(c4)c4ccccc4n5-c4ccccc4)c4ccccc4-c4cc(N(c5ccccc5)c5ccc6ccccc6c5)ccc43)c([2H])c([2H])c([2H])c2c1[2H]. The Bertz CT molecular complexity index is 3800. The fourth-order valence-electron chi connectivity index (χ4n) is 9.63. The van der Waals surface area contributed by atoms with Gasteiger partial charge in [0.15, 0.2) is 0 Å². The molecular weight excluding hydrogens is 713 g/mol. The highest BCUT2D eigenvalue weighted by atomic mass is 15.1. The van der Waals surface area contributed by atoms with Gasteiger partial charge in [0, 0.05) is 33.5 Å². The molecule has 11 aromatic rings. The number of hydrogen-bond acceptors (Lipinski definition) is 1. The first-order valence-electron chi connectivity index (χ1n) is 23.4. The third-order valence-corrected chi connectivity index (χ3v) is 12.1. The summed E-state index contributed by atoms with van der Waals surface area (Å²) in [5, 5.41) is 4.20. The molecule has 2 nitrogen and oxygen atoms in total. The van der Waals surface area contributed by atoms with Gasteiger partial charge >= 0.3 is 0 Å². The van der Waals surface area contributed by atoms with E-state index < -0.39 is 35.6 Å². The van der Waals surface area contributed by atoms with Crippen LogP contribution in [-0.4, -0.2) is 4.57 Å². The molecule has 0 N–H and O–H groups in total. The van der Waals surface area contributed by atoms with Gasteiger partial charge in [-0.1, -0.05) is 164 Å². The Hall–Kier alpha value is -7.68. The van der Waals surface area contributed by atoms with Crippen LogP contribution in [0, 0.1) is 0 Å². The third-order valence-electron chi connectivity index (χ3n) is 12.1. The van der Waals surface area contributed by atoms with Crippen molar-refractivity contribution in [1.29, 1.82) is 0 Å². The number of fused-ring (bicyclic) bond motifs is 8. The first-order chi connectivity index (χ1) is 32.2. The minimum atomic E-state index is -1.40. The molecule has 1 heterocycles. The molecule has 1 aliphatic rings. The molecule has 0 aliphatic heterocycles. The summed E-state index contributed by atoms with van der Waals surface area (Å²) in [6, 6.07) is 61.5. The lowest BCUT2D eigenvalue weighted by Gasteiger charge is -2.35. The van der Waals surface area contributed by atoms with Crippen molar-refractivity contribution in [2.45, 2.75) is 5.41 Å². The monoisotopic (exact) mass is 757 g/mol. The highest BCUT2D eigenvalue weighted by molar-refractivity contribution is 6.10. The Morgan fingerprint density at radius 3 is 1.97 bits per heavy atom. The summed E-state index contributed by atoms with van der Waals surface area (Å²) in [5.74, 6) is 0. The second-order valence-corrected chi connectivity index (χ2v) is 15.1. The van der Waals surface area contributed by atoms with Crippen LogP contribution in [0.25, 0.3) is 60.2 Å². The summed E-state index contributed by atoms with van der Waals surface area (Å²) < 4.78 is 67.2. The number of nitrogens with zero attached hydrogens (tertiary/aromatic N) is 2. The van der Waals surface area contributed by atoms with Crippen LogP contribution in [0.2, 0.25) is 0 Å². The van der Waals surface area contributed by atoms with Crippen LogP contribution in [-0.2, 0) is 5.41 Å². The van der Waals surface area contributed by atoms with Crippen LogP contribution in [0.1, 0.15) is 31.8 Å². The minimum absolute atomic E-state index is 0.0626. The number of aromatic nitrogens is 1. The minimum Gasteiger partial charge on any atom is -0.310 e. The molecule has 59 heavy (non-hydrogen) atoms. The summed E-state index contributed by atoms with van der Waals surface area (Å²) in [7, 11) is 0. The van der Waals surface area contributed by atoms with Gasteiger partial charge in [-0.05, 0) is 122 Å². The molecule has 1 aliphatic carbocycles. The average Bonchev–Trinajstić information content (AvgIpc) is 3.85. The maximum atomic E-state index is 9.97. The van der Waals surface area contributed by atoms with E-state index in [1.807, 2.05) is 78.9 Å². The Balaban J connectivity index is 1.22. The zero-order chi connectivity index (χ0) is 45.0. The van der Waals surface area contributed by atoms with Crippen LogP contribution < -0.4 is 4.90 Å². The lowest BCUT2D eigenvalue weighted by Crippen LogP contribution is -2.29. The number of benzene rings is 10. The van der Waals surface area contributed by atoms with Crippen molar-refractivity contribution in [3.63, 3.8) is 0 Å². The van der Waals surface area contributed by atoms with Crippen LogP contribution >= 0.6 is 0 Å². The molecule has 0 saturated carbocycles. The van der Waals surface area contributed by atoms with Gasteiger partial charge < -0.3 is 9.47 Å². The zero-order valence-electron chi connectivity index (χ0n) is 38.8. The Labute approximate surface area is 353 Å². The van der Waals surface area contributed by atoms with Crippen molar-refractivity contribution in [3.05, 3.63) is 253 Å². The smallest absolute Gasteiger partial charge is 0.0719 e. The Kier molecular flexibility index (Phi) is 6.05. The number of anilines is 3. The van der Waals surface area contributed by atoms with E-state index in [4.69, 9.17) is 5.48 Å². The van der Waals surface area contributed by atoms with Crippen LogP contribution in [0.15, 0.2) is 230 Å². The maximum Gasteiger partial charge on any atom is 0.0719 e. The van der Waals surface area contributed by atoms with Crippen LogP contribution in [0.3, 0.4) is 0 Å². The average molecular weight is 758 g/mol. The van der Waals surface area contributed by atoms with Crippen molar-refractivity contribution in [1.82, 2.24) is 4.57 Å². The third kappa shape index (κ3) is 5.00. The van der Waals surface area contributed by atoms with Gasteiger partial charge in [-0.15, -0.1) is 0 Å². The molecular formula is C57H38N2. The van der Waals surface area contributed by atoms with Gasteiger partial charge in [0.05, 0.1) is 26.0 Å².